The number of hydrogen-bond acceptors (Lipinski definition) is 4. The van der Waals surface area contributed by atoms with Crippen LogP contribution < -0.4 is 0 Å². The van der Waals surface area contributed by atoms with Gasteiger partial charge in [0.2, 0.25) is 11.8 Å². The van der Waals surface area contributed by atoms with Gasteiger partial charge >= 0.3 is 0 Å². The van der Waals surface area contributed by atoms with Gasteiger partial charge in [-0.05, 0) is 0 Å². The molecular formula is C11H16N2O4Y-2. The summed E-state index contributed by atoms with van der Waals surface area (Å²) in [7, 11) is 0. The molecule has 1 rings (SSSR count). The van der Waals surface area contributed by atoms with Crippen LogP contribution >= 0.6 is 0 Å². The van der Waals surface area contributed by atoms with Gasteiger partial charge in [-0.15, -0.1) is 0 Å². The fourth-order valence-corrected chi connectivity index (χ4v) is 1.26. The molecule has 0 aromatic carbocycles. The summed E-state index contributed by atoms with van der Waals surface area (Å²) in [5.74, 6) is -1.95. The van der Waals surface area contributed by atoms with Crippen LogP contribution in [-0.2, 0) is 51.9 Å². The average molecular weight is 329 g/mol. The maximum atomic E-state index is 11.1. The van der Waals surface area contributed by atoms with Crippen LogP contribution in [0.2, 0.25) is 0 Å². The average Bonchev–Trinajstić information content (AvgIpc) is 2.47. The van der Waals surface area contributed by atoms with Crippen molar-refractivity contribution < 1.29 is 51.9 Å². The molecule has 0 aromatic heterocycles. The minimum Gasteiger partial charge on any atom is -0.666 e. The Morgan fingerprint density at radius 3 is 2.28 bits per heavy atom. The van der Waals surface area contributed by atoms with E-state index in [2.05, 4.69) is 0 Å². The maximum Gasteiger partial charge on any atom is 0.232 e. The first-order valence-corrected chi connectivity index (χ1v) is 5.37. The third-order valence-corrected chi connectivity index (χ3v) is 2.12. The van der Waals surface area contributed by atoms with Crippen molar-refractivity contribution in [2.75, 3.05) is 6.54 Å². The molecule has 1 unspecified atom stereocenters. The molecule has 18 heavy (non-hydrogen) atoms. The number of imide groups is 1. The van der Waals surface area contributed by atoms with Crippen LogP contribution in [0.3, 0.4) is 0 Å². The summed E-state index contributed by atoms with van der Waals surface area (Å²) in [5.41, 5.74) is 6.60. The van der Waals surface area contributed by atoms with Gasteiger partial charge < -0.3 is 15.3 Å². The van der Waals surface area contributed by atoms with Crippen LogP contribution in [0.5, 0.6) is 0 Å². The summed E-state index contributed by atoms with van der Waals surface area (Å²) in [6, 6.07) is 0. The van der Waals surface area contributed by atoms with E-state index in [0.717, 1.165) is 11.3 Å². The fraction of sp³-hybridized carbons (Fsp3) is 0.636. The van der Waals surface area contributed by atoms with E-state index in [1.54, 1.807) is 13.2 Å². The van der Waals surface area contributed by atoms with Gasteiger partial charge in [-0.2, -0.15) is 6.42 Å². The Bertz CT molecular complexity index is 320. The number of amides is 3. The number of carbonyl (C=O) groups is 3. The summed E-state index contributed by atoms with van der Waals surface area (Å²) in [4.78, 5) is 42.6. The van der Waals surface area contributed by atoms with E-state index in [-0.39, 0.29) is 56.9 Å². The molecule has 1 N–H and O–H groups in total. The van der Waals surface area contributed by atoms with Gasteiger partial charge in [-0.25, -0.2) is 0 Å². The molecule has 0 saturated carbocycles. The number of nitrogens with zero attached hydrogens (tertiary/aromatic N) is 1. The van der Waals surface area contributed by atoms with Gasteiger partial charge in [0, 0.05) is 45.0 Å². The van der Waals surface area contributed by atoms with Crippen LogP contribution in [0.1, 0.15) is 33.1 Å². The van der Waals surface area contributed by atoms with Gasteiger partial charge in [0.15, 0.2) is 0 Å². The van der Waals surface area contributed by atoms with Crippen molar-refractivity contribution in [2.24, 2.45) is 5.92 Å². The predicted octanol–water partition coefficient (Wildman–Crippen LogP) is 0.854. The van der Waals surface area contributed by atoms with E-state index in [9.17, 15) is 19.2 Å². The minimum absolute atomic E-state index is 0. The van der Waals surface area contributed by atoms with E-state index >= 15 is 0 Å². The van der Waals surface area contributed by atoms with Crippen molar-refractivity contribution in [1.29, 1.82) is 0 Å². The Hall–Kier alpha value is -0.616. The van der Waals surface area contributed by atoms with Crippen LogP contribution in [0, 0.1) is 5.92 Å². The Morgan fingerprint density at radius 2 is 2.06 bits per heavy atom. The molecule has 1 atom stereocenters. The summed E-state index contributed by atoms with van der Waals surface area (Å²) in [6.45, 7) is 3.18. The van der Waals surface area contributed by atoms with Gasteiger partial charge in [0.25, 0.3) is 0 Å². The van der Waals surface area contributed by atoms with Crippen LogP contribution in [0.25, 0.3) is 5.73 Å². The molecule has 1 aliphatic rings. The number of unbranched alkanes of at least 4 members (excludes halogenated alkanes) is 1. The number of rotatable bonds is 4. The number of nitrogens with one attached hydrogen (secondary N) is 1. The van der Waals surface area contributed by atoms with Crippen LogP contribution in [-0.4, -0.2) is 35.5 Å². The van der Waals surface area contributed by atoms with E-state index in [1.807, 2.05) is 6.92 Å². The van der Waals surface area contributed by atoms with Gasteiger partial charge in [0.1, 0.15) is 0 Å². The molecule has 1 heterocycles. The molecule has 7 heteroatoms. The molecule has 0 spiro atoms. The van der Waals surface area contributed by atoms with E-state index < -0.39 is 12.5 Å². The zero-order valence-electron chi connectivity index (χ0n) is 10.6. The van der Waals surface area contributed by atoms with Gasteiger partial charge in [0.05, 0.1) is 12.5 Å². The van der Waals surface area contributed by atoms with Crippen molar-refractivity contribution in [1.82, 2.24) is 4.90 Å². The molecule has 6 nitrogen and oxygen atoms in total. The van der Waals surface area contributed by atoms with E-state index in [1.165, 1.54) is 0 Å². The topological polar surface area (TPSA) is 95.3 Å². The molecule has 1 fully saturated rings. The zero-order valence-corrected chi connectivity index (χ0v) is 13.4. The first kappa shape index (κ1) is 19.7. The molecular weight excluding hydrogens is 313 g/mol. The van der Waals surface area contributed by atoms with Crippen LogP contribution in [0.4, 0.5) is 0 Å². The Labute approximate surface area is 132 Å². The van der Waals surface area contributed by atoms with Crippen molar-refractivity contribution in [2.45, 2.75) is 33.1 Å². The number of hydrogen-bond donors (Lipinski definition) is 0. The van der Waals surface area contributed by atoms with Gasteiger partial charge in [-0.1, -0.05) is 20.3 Å². The maximum absolute atomic E-state index is 11.1. The molecule has 99 valence electrons. The Kier molecular flexibility index (Phi) is 11.3. The molecule has 0 aliphatic carbocycles. The first-order chi connectivity index (χ1) is 7.93. The molecule has 1 aliphatic heterocycles. The summed E-state index contributed by atoms with van der Waals surface area (Å²) in [6.07, 6.45) is 3.43. The monoisotopic (exact) mass is 329 g/mol. The molecule has 1 saturated heterocycles. The smallest absolute Gasteiger partial charge is 0.232 e. The standard InChI is InChI=1S/C7H10N2O3.C4H7O.Y/c1-4-2-6(11)9(7(4)12)3-5(8)10;1-2-3-4-5;/h4H,2-3H2,1H3,(H2,8,10);2-3H2,1H3;/q;-1;/p-1. The Morgan fingerprint density at radius 1 is 1.50 bits per heavy atom. The summed E-state index contributed by atoms with van der Waals surface area (Å²) < 4.78 is 0. The predicted molar refractivity (Wildman–Crippen MR) is 60.4 cm³/mol. The molecule has 1 radical (unpaired) electrons. The van der Waals surface area contributed by atoms with Crippen molar-refractivity contribution in [3.63, 3.8) is 0 Å². The first-order valence-electron chi connectivity index (χ1n) is 5.37. The fourth-order valence-electron chi connectivity index (χ4n) is 1.26. The van der Waals surface area contributed by atoms with Crippen molar-refractivity contribution in [3.8, 4) is 0 Å². The molecule has 0 aromatic rings. The van der Waals surface area contributed by atoms with E-state index in [4.69, 9.17) is 5.73 Å². The van der Waals surface area contributed by atoms with Gasteiger partial charge in [-0.3, -0.25) is 20.8 Å². The SMILES string of the molecule is CC1CC(=O)N(CC([NH-])=O)C1=O.CCC[C-]=O.[Y]. The third-order valence-electron chi connectivity index (χ3n) is 2.12. The molecule has 3 amide bonds. The normalized spacial score (nSPS) is 17.7. The third kappa shape index (κ3) is 6.96. The largest absolute Gasteiger partial charge is 0.666 e. The zero-order chi connectivity index (χ0) is 13.4. The number of carbonyl (C=O) groups excluding carboxylic acids is 4. The second-order valence-corrected chi connectivity index (χ2v) is 3.74. The summed E-state index contributed by atoms with van der Waals surface area (Å²) >= 11 is 0. The van der Waals surface area contributed by atoms with E-state index in [0.29, 0.717) is 6.42 Å². The number of likely N-dealkylation sites (tertiary alicyclic amines) is 1. The minimum atomic E-state index is -0.911. The second-order valence-electron chi connectivity index (χ2n) is 3.74. The Balaban J connectivity index is 0. The van der Waals surface area contributed by atoms with Crippen molar-refractivity contribution in [3.05, 3.63) is 5.73 Å². The summed E-state index contributed by atoms with van der Waals surface area (Å²) in [5, 5.41) is 0. The second kappa shape index (κ2) is 10.3. The molecule has 0 bridgehead atoms. The van der Waals surface area contributed by atoms with Crippen LogP contribution in [0.15, 0.2) is 0 Å². The quantitative estimate of drug-likeness (QED) is 0.564. The van der Waals surface area contributed by atoms with Crippen molar-refractivity contribution >= 4 is 24.0 Å².